The van der Waals surface area contributed by atoms with Crippen molar-refractivity contribution in [2.24, 2.45) is 4.99 Å². The van der Waals surface area contributed by atoms with Crippen LogP contribution >= 0.6 is 11.8 Å². The second kappa shape index (κ2) is 8.77. The van der Waals surface area contributed by atoms with Crippen LogP contribution in [0.2, 0.25) is 0 Å². The van der Waals surface area contributed by atoms with Crippen LogP contribution in [0.5, 0.6) is 0 Å². The zero-order valence-corrected chi connectivity index (χ0v) is 12.6. The largest absolute Gasteiger partial charge is 0.382 e. The minimum Gasteiger partial charge on any atom is -0.382 e. The Kier molecular flexibility index (Phi) is 7.70. The maximum absolute atomic E-state index is 5.40. The number of ether oxygens (including phenoxy) is 2. The van der Waals surface area contributed by atoms with Gasteiger partial charge in [0.25, 0.3) is 0 Å². The van der Waals surface area contributed by atoms with E-state index in [0.717, 1.165) is 43.3 Å². The van der Waals surface area contributed by atoms with Crippen LogP contribution in [0.15, 0.2) is 4.99 Å². The molecule has 0 amide bonds. The van der Waals surface area contributed by atoms with Gasteiger partial charge in [-0.05, 0) is 19.3 Å². The summed E-state index contributed by atoms with van der Waals surface area (Å²) in [5, 5.41) is 4.67. The van der Waals surface area contributed by atoms with Gasteiger partial charge in [-0.15, -0.1) is 0 Å². The molecule has 0 spiro atoms. The summed E-state index contributed by atoms with van der Waals surface area (Å²) in [6.07, 6.45) is 3.30. The van der Waals surface area contributed by atoms with Crippen molar-refractivity contribution in [1.29, 1.82) is 0 Å². The molecule has 0 aromatic heterocycles. The lowest BCUT2D eigenvalue weighted by Crippen LogP contribution is -2.42. The SMILES string of the molecule is CCC1(CC)CSC(=NCCCOCCOC)N1. The standard InChI is InChI=1S/C13H26N2O2S/c1-4-13(5-2)11-18-12(15-13)14-7-6-8-17-10-9-16-3/h4-11H2,1-3H3,(H,14,15). The first-order valence-corrected chi connectivity index (χ1v) is 7.77. The summed E-state index contributed by atoms with van der Waals surface area (Å²) in [6, 6.07) is 0. The third kappa shape index (κ3) is 5.16. The van der Waals surface area contributed by atoms with Gasteiger partial charge >= 0.3 is 0 Å². The van der Waals surface area contributed by atoms with Crippen molar-refractivity contribution in [1.82, 2.24) is 5.32 Å². The van der Waals surface area contributed by atoms with Crippen LogP contribution in [0.4, 0.5) is 0 Å². The number of nitrogens with one attached hydrogen (secondary N) is 1. The molecule has 5 heteroatoms. The highest BCUT2D eigenvalue weighted by molar-refractivity contribution is 8.14. The van der Waals surface area contributed by atoms with Gasteiger partial charge in [-0.3, -0.25) is 4.99 Å². The lowest BCUT2D eigenvalue weighted by atomic mass is 9.96. The molecule has 0 aromatic carbocycles. The molecule has 1 aliphatic heterocycles. The number of nitrogens with zero attached hydrogens (tertiary/aromatic N) is 1. The van der Waals surface area contributed by atoms with Gasteiger partial charge in [0.05, 0.1) is 13.2 Å². The number of rotatable bonds is 9. The predicted molar refractivity (Wildman–Crippen MR) is 78.5 cm³/mol. The fraction of sp³-hybridized carbons (Fsp3) is 0.923. The van der Waals surface area contributed by atoms with E-state index in [4.69, 9.17) is 9.47 Å². The fourth-order valence-corrected chi connectivity index (χ4v) is 3.18. The monoisotopic (exact) mass is 274 g/mol. The Balaban J connectivity index is 2.13. The summed E-state index contributed by atoms with van der Waals surface area (Å²) in [4.78, 5) is 4.59. The highest BCUT2D eigenvalue weighted by Crippen LogP contribution is 2.28. The Hall–Kier alpha value is -0.260. The molecule has 0 saturated carbocycles. The molecular weight excluding hydrogens is 248 g/mol. The van der Waals surface area contributed by atoms with Gasteiger partial charge in [0.15, 0.2) is 5.17 Å². The lowest BCUT2D eigenvalue weighted by molar-refractivity contribution is 0.0702. The summed E-state index contributed by atoms with van der Waals surface area (Å²) in [6.45, 7) is 7.42. The van der Waals surface area contributed by atoms with Crippen molar-refractivity contribution < 1.29 is 9.47 Å². The minimum atomic E-state index is 0.276. The number of amidine groups is 1. The van der Waals surface area contributed by atoms with E-state index in [1.807, 2.05) is 11.8 Å². The maximum Gasteiger partial charge on any atom is 0.157 e. The second-order valence-corrected chi connectivity index (χ2v) is 5.51. The maximum atomic E-state index is 5.40. The minimum absolute atomic E-state index is 0.276. The van der Waals surface area contributed by atoms with Crippen LogP contribution in [0.1, 0.15) is 33.1 Å². The zero-order valence-electron chi connectivity index (χ0n) is 11.8. The molecule has 0 aliphatic carbocycles. The van der Waals surface area contributed by atoms with E-state index in [-0.39, 0.29) is 5.54 Å². The Labute approximate surface area is 115 Å². The highest BCUT2D eigenvalue weighted by Gasteiger charge is 2.33. The fourth-order valence-electron chi connectivity index (χ4n) is 1.81. The van der Waals surface area contributed by atoms with E-state index in [1.54, 1.807) is 7.11 Å². The summed E-state index contributed by atoms with van der Waals surface area (Å²) in [5.41, 5.74) is 0.276. The Bertz CT molecular complexity index is 255. The number of thioether (sulfide) groups is 1. The molecule has 1 fully saturated rings. The van der Waals surface area contributed by atoms with Gasteiger partial charge in [-0.2, -0.15) is 0 Å². The van der Waals surface area contributed by atoms with Crippen LogP contribution in [0.3, 0.4) is 0 Å². The van der Waals surface area contributed by atoms with E-state index in [9.17, 15) is 0 Å². The molecular formula is C13H26N2O2S. The van der Waals surface area contributed by atoms with Crippen molar-refractivity contribution in [3.05, 3.63) is 0 Å². The van der Waals surface area contributed by atoms with Crippen LogP contribution in [0.25, 0.3) is 0 Å². The average Bonchev–Trinajstić information content (AvgIpc) is 2.82. The third-order valence-corrected chi connectivity index (χ3v) is 4.55. The van der Waals surface area contributed by atoms with E-state index in [1.165, 1.54) is 0 Å². The molecule has 0 atom stereocenters. The highest BCUT2D eigenvalue weighted by atomic mass is 32.2. The van der Waals surface area contributed by atoms with Crippen LogP contribution in [-0.4, -0.2) is 49.9 Å². The second-order valence-electron chi connectivity index (χ2n) is 4.55. The molecule has 1 heterocycles. The van der Waals surface area contributed by atoms with Gasteiger partial charge in [-0.25, -0.2) is 0 Å². The average molecular weight is 274 g/mol. The normalized spacial score (nSPS) is 20.3. The number of hydrogen-bond acceptors (Lipinski definition) is 4. The van der Waals surface area contributed by atoms with Crippen LogP contribution in [0, 0.1) is 0 Å². The topological polar surface area (TPSA) is 42.9 Å². The van der Waals surface area contributed by atoms with Gasteiger partial charge in [0, 0.05) is 31.6 Å². The quantitative estimate of drug-likeness (QED) is 0.655. The molecule has 1 N–H and O–H groups in total. The Morgan fingerprint density at radius 2 is 2.06 bits per heavy atom. The van der Waals surface area contributed by atoms with E-state index < -0.39 is 0 Å². The molecule has 106 valence electrons. The molecule has 0 radical (unpaired) electrons. The van der Waals surface area contributed by atoms with Gasteiger partial charge < -0.3 is 14.8 Å². The first-order valence-electron chi connectivity index (χ1n) is 6.78. The van der Waals surface area contributed by atoms with E-state index in [0.29, 0.717) is 13.2 Å². The lowest BCUT2D eigenvalue weighted by Gasteiger charge is -2.25. The molecule has 1 aliphatic rings. The van der Waals surface area contributed by atoms with Gasteiger partial charge in [0.2, 0.25) is 0 Å². The smallest absolute Gasteiger partial charge is 0.157 e. The Morgan fingerprint density at radius 1 is 1.28 bits per heavy atom. The predicted octanol–water partition coefficient (Wildman–Crippen LogP) is 2.29. The van der Waals surface area contributed by atoms with Gasteiger partial charge in [-0.1, -0.05) is 25.6 Å². The zero-order chi connectivity index (χ0) is 13.3. The number of aliphatic imine (C=N–C) groups is 1. The van der Waals surface area contributed by atoms with Crippen LogP contribution < -0.4 is 5.32 Å². The molecule has 0 aromatic rings. The summed E-state index contributed by atoms with van der Waals surface area (Å²) in [5.74, 6) is 1.14. The van der Waals surface area contributed by atoms with E-state index in [2.05, 4.69) is 24.2 Å². The third-order valence-electron chi connectivity index (χ3n) is 3.34. The van der Waals surface area contributed by atoms with Gasteiger partial charge in [0.1, 0.15) is 0 Å². The van der Waals surface area contributed by atoms with E-state index >= 15 is 0 Å². The van der Waals surface area contributed by atoms with Crippen molar-refractivity contribution in [3.63, 3.8) is 0 Å². The summed E-state index contributed by atoms with van der Waals surface area (Å²) in [7, 11) is 1.69. The Morgan fingerprint density at radius 3 is 2.67 bits per heavy atom. The molecule has 1 rings (SSSR count). The molecule has 18 heavy (non-hydrogen) atoms. The molecule has 0 bridgehead atoms. The first kappa shape index (κ1) is 15.8. The van der Waals surface area contributed by atoms with Crippen molar-refractivity contribution in [2.45, 2.75) is 38.6 Å². The van der Waals surface area contributed by atoms with Crippen molar-refractivity contribution in [3.8, 4) is 0 Å². The first-order chi connectivity index (χ1) is 8.76. The summed E-state index contributed by atoms with van der Waals surface area (Å²) >= 11 is 1.85. The summed E-state index contributed by atoms with van der Waals surface area (Å²) < 4.78 is 10.3. The number of methoxy groups -OCH3 is 1. The molecule has 1 saturated heterocycles. The molecule has 0 unspecified atom stereocenters. The molecule has 4 nitrogen and oxygen atoms in total. The number of hydrogen-bond donors (Lipinski definition) is 1. The van der Waals surface area contributed by atoms with Crippen molar-refractivity contribution >= 4 is 16.9 Å². The van der Waals surface area contributed by atoms with Crippen LogP contribution in [-0.2, 0) is 9.47 Å². The van der Waals surface area contributed by atoms with Crippen molar-refractivity contribution in [2.75, 3.05) is 39.2 Å².